The summed E-state index contributed by atoms with van der Waals surface area (Å²) in [5.74, 6) is 0.446. The van der Waals surface area contributed by atoms with Crippen LogP contribution in [0.15, 0.2) is 48.5 Å². The molecule has 2 aromatic carbocycles. The van der Waals surface area contributed by atoms with Gasteiger partial charge in [0.05, 0.1) is 6.61 Å². The van der Waals surface area contributed by atoms with Gasteiger partial charge < -0.3 is 10.1 Å². The molecule has 0 aliphatic carbocycles. The maximum atomic E-state index is 12.3. The molecule has 0 bridgehead atoms. The van der Waals surface area contributed by atoms with Crippen molar-refractivity contribution in [2.45, 2.75) is 32.2 Å². The van der Waals surface area contributed by atoms with Crippen LogP contribution in [0.25, 0.3) is 11.1 Å². The number of hydrogen-bond acceptors (Lipinski definition) is 3. The Kier molecular flexibility index (Phi) is 6.40. The van der Waals surface area contributed by atoms with Gasteiger partial charge in [0.2, 0.25) is 0 Å². The fourth-order valence-electron chi connectivity index (χ4n) is 4.08. The van der Waals surface area contributed by atoms with E-state index in [0.29, 0.717) is 18.0 Å². The summed E-state index contributed by atoms with van der Waals surface area (Å²) in [5, 5.41) is 3.02. The van der Waals surface area contributed by atoms with E-state index in [9.17, 15) is 4.79 Å². The second kappa shape index (κ2) is 9.35. The third-order valence-corrected chi connectivity index (χ3v) is 5.86. The van der Waals surface area contributed by atoms with Gasteiger partial charge in [-0.1, -0.05) is 42.8 Å². The summed E-state index contributed by atoms with van der Waals surface area (Å²) in [5.41, 5.74) is 4.42. The summed E-state index contributed by atoms with van der Waals surface area (Å²) in [6.45, 7) is 5.75. The van der Waals surface area contributed by atoms with Crippen LogP contribution in [0.1, 0.15) is 41.6 Å². The van der Waals surface area contributed by atoms with Crippen molar-refractivity contribution in [2.24, 2.45) is 5.92 Å². The van der Waals surface area contributed by atoms with Crippen LogP contribution in [0.3, 0.4) is 0 Å². The quantitative estimate of drug-likeness (QED) is 0.823. The molecular weight excluding hydrogens is 348 g/mol. The highest BCUT2D eigenvalue weighted by molar-refractivity contribution is 5.94. The molecule has 2 aromatic rings. The van der Waals surface area contributed by atoms with Gasteiger partial charge in [-0.2, -0.15) is 0 Å². The normalized spacial score (nSPS) is 20.2. The maximum Gasteiger partial charge on any atom is 0.251 e. The van der Waals surface area contributed by atoms with Gasteiger partial charge >= 0.3 is 0 Å². The first-order valence-electron chi connectivity index (χ1n) is 10.6. The Morgan fingerprint density at radius 3 is 2.29 bits per heavy atom. The summed E-state index contributed by atoms with van der Waals surface area (Å²) < 4.78 is 5.36. The van der Waals surface area contributed by atoms with Crippen molar-refractivity contribution in [1.29, 1.82) is 0 Å². The number of likely N-dealkylation sites (tertiary alicyclic amines) is 1. The minimum Gasteiger partial charge on any atom is -0.381 e. The largest absolute Gasteiger partial charge is 0.381 e. The number of carbonyl (C=O) groups excluding carboxylic acids is 1. The van der Waals surface area contributed by atoms with Gasteiger partial charge in [0.25, 0.3) is 5.91 Å². The van der Waals surface area contributed by atoms with Gasteiger partial charge in [0.1, 0.15) is 0 Å². The standard InChI is InChI=1S/C24H30N2O2/c27-24(25-16-20-12-15-28-18-20)23-10-8-22(9-11-23)21-6-4-19(5-7-21)17-26-13-2-1-3-14-26/h4-11,20H,1-3,12-18H2,(H,25,27). The topological polar surface area (TPSA) is 41.6 Å². The van der Waals surface area contributed by atoms with Gasteiger partial charge in [0, 0.05) is 31.2 Å². The van der Waals surface area contributed by atoms with Crippen molar-refractivity contribution >= 4 is 5.91 Å². The molecule has 148 valence electrons. The average molecular weight is 379 g/mol. The maximum absolute atomic E-state index is 12.3. The number of carbonyl (C=O) groups is 1. The van der Waals surface area contributed by atoms with Crippen molar-refractivity contribution < 1.29 is 9.53 Å². The molecular formula is C24H30N2O2. The third kappa shape index (κ3) is 5.00. The first-order valence-corrected chi connectivity index (χ1v) is 10.6. The minimum atomic E-state index is -0.00432. The van der Waals surface area contributed by atoms with E-state index >= 15 is 0 Å². The van der Waals surface area contributed by atoms with Gasteiger partial charge in [0.15, 0.2) is 0 Å². The number of amides is 1. The van der Waals surface area contributed by atoms with Crippen molar-refractivity contribution in [3.63, 3.8) is 0 Å². The summed E-state index contributed by atoms with van der Waals surface area (Å²) in [7, 11) is 0. The highest BCUT2D eigenvalue weighted by Crippen LogP contribution is 2.22. The molecule has 1 unspecified atom stereocenters. The molecule has 0 radical (unpaired) electrons. The summed E-state index contributed by atoms with van der Waals surface area (Å²) in [6.07, 6.45) is 5.06. The van der Waals surface area contributed by atoms with Crippen LogP contribution in [0.2, 0.25) is 0 Å². The van der Waals surface area contributed by atoms with Crippen molar-refractivity contribution in [1.82, 2.24) is 10.2 Å². The molecule has 0 spiro atoms. The molecule has 1 atom stereocenters. The van der Waals surface area contributed by atoms with E-state index in [-0.39, 0.29) is 5.91 Å². The molecule has 28 heavy (non-hydrogen) atoms. The molecule has 2 heterocycles. The van der Waals surface area contributed by atoms with Crippen LogP contribution in [-0.4, -0.2) is 43.7 Å². The van der Waals surface area contributed by atoms with Crippen molar-refractivity contribution in [2.75, 3.05) is 32.8 Å². The van der Waals surface area contributed by atoms with Crippen LogP contribution < -0.4 is 5.32 Å². The minimum absolute atomic E-state index is 0.00432. The Labute approximate surface area is 167 Å². The lowest BCUT2D eigenvalue weighted by Crippen LogP contribution is -2.29. The Morgan fingerprint density at radius 1 is 0.964 bits per heavy atom. The van der Waals surface area contributed by atoms with E-state index in [1.54, 1.807) is 0 Å². The molecule has 1 amide bonds. The number of nitrogens with zero attached hydrogens (tertiary/aromatic N) is 1. The Bertz CT molecular complexity index is 758. The summed E-state index contributed by atoms with van der Waals surface area (Å²) in [6, 6.07) is 16.7. The highest BCUT2D eigenvalue weighted by atomic mass is 16.5. The summed E-state index contributed by atoms with van der Waals surface area (Å²) >= 11 is 0. The van der Waals surface area contributed by atoms with Crippen LogP contribution in [0.4, 0.5) is 0 Å². The Morgan fingerprint density at radius 2 is 1.64 bits per heavy atom. The van der Waals surface area contributed by atoms with Crippen LogP contribution in [0, 0.1) is 5.92 Å². The molecule has 2 fully saturated rings. The molecule has 0 aromatic heterocycles. The number of rotatable bonds is 6. The summed E-state index contributed by atoms with van der Waals surface area (Å²) in [4.78, 5) is 14.9. The Hall–Kier alpha value is -2.17. The number of hydrogen-bond donors (Lipinski definition) is 1. The number of ether oxygens (including phenoxy) is 1. The lowest BCUT2D eigenvalue weighted by atomic mass is 10.0. The Balaban J connectivity index is 1.33. The second-order valence-electron chi connectivity index (χ2n) is 8.05. The third-order valence-electron chi connectivity index (χ3n) is 5.86. The zero-order chi connectivity index (χ0) is 19.2. The SMILES string of the molecule is O=C(NCC1CCOC1)c1ccc(-c2ccc(CN3CCCCC3)cc2)cc1. The first kappa shape index (κ1) is 19.2. The average Bonchev–Trinajstić information content (AvgIpc) is 3.27. The van der Waals surface area contributed by atoms with E-state index < -0.39 is 0 Å². The highest BCUT2D eigenvalue weighted by Gasteiger charge is 2.17. The molecule has 1 N–H and O–H groups in total. The smallest absolute Gasteiger partial charge is 0.251 e. The lowest BCUT2D eigenvalue weighted by Gasteiger charge is -2.26. The van der Waals surface area contributed by atoms with Crippen LogP contribution in [0.5, 0.6) is 0 Å². The van der Waals surface area contributed by atoms with Crippen LogP contribution >= 0.6 is 0 Å². The van der Waals surface area contributed by atoms with E-state index in [2.05, 4.69) is 34.5 Å². The zero-order valence-electron chi connectivity index (χ0n) is 16.5. The van der Waals surface area contributed by atoms with Crippen molar-refractivity contribution in [3.8, 4) is 11.1 Å². The fraction of sp³-hybridized carbons (Fsp3) is 0.458. The van der Waals surface area contributed by atoms with E-state index in [1.807, 2.05) is 24.3 Å². The second-order valence-corrected chi connectivity index (χ2v) is 8.05. The van der Waals surface area contributed by atoms with E-state index in [0.717, 1.165) is 31.7 Å². The number of benzene rings is 2. The number of nitrogens with one attached hydrogen (secondary N) is 1. The van der Waals surface area contributed by atoms with E-state index in [1.165, 1.54) is 43.5 Å². The zero-order valence-corrected chi connectivity index (χ0v) is 16.5. The number of piperidine rings is 1. The molecule has 4 rings (SSSR count). The van der Waals surface area contributed by atoms with Gasteiger partial charge in [-0.25, -0.2) is 0 Å². The first-order chi connectivity index (χ1) is 13.8. The predicted octanol–water partition coefficient (Wildman–Crippen LogP) is 4.11. The molecule has 2 aliphatic heterocycles. The van der Waals surface area contributed by atoms with Gasteiger partial charge in [-0.05, 0) is 61.2 Å². The molecule has 0 saturated carbocycles. The molecule has 2 saturated heterocycles. The molecule has 4 heteroatoms. The lowest BCUT2D eigenvalue weighted by molar-refractivity contribution is 0.0945. The van der Waals surface area contributed by atoms with Crippen molar-refractivity contribution in [3.05, 3.63) is 59.7 Å². The van der Waals surface area contributed by atoms with Gasteiger partial charge in [-0.15, -0.1) is 0 Å². The fourth-order valence-corrected chi connectivity index (χ4v) is 4.08. The monoisotopic (exact) mass is 378 g/mol. The predicted molar refractivity (Wildman–Crippen MR) is 112 cm³/mol. The molecule has 4 nitrogen and oxygen atoms in total. The van der Waals surface area contributed by atoms with Crippen LogP contribution in [-0.2, 0) is 11.3 Å². The van der Waals surface area contributed by atoms with E-state index in [4.69, 9.17) is 4.74 Å². The molecule has 2 aliphatic rings. The van der Waals surface area contributed by atoms with Gasteiger partial charge in [-0.3, -0.25) is 9.69 Å².